The monoisotopic (exact) mass is 274 g/mol. The van der Waals surface area contributed by atoms with Gasteiger partial charge in [-0.1, -0.05) is 6.92 Å². The molecule has 106 valence electrons. The van der Waals surface area contributed by atoms with Crippen LogP contribution in [0.5, 0.6) is 5.75 Å². The number of aryl methyl sites for hydroxylation is 3. The van der Waals surface area contributed by atoms with E-state index in [4.69, 9.17) is 4.74 Å². The lowest BCUT2D eigenvalue weighted by molar-refractivity contribution is -0.113. The highest BCUT2D eigenvalue weighted by Crippen LogP contribution is 2.29. The van der Waals surface area contributed by atoms with Gasteiger partial charge in [-0.15, -0.1) is 10.2 Å². The predicted octanol–water partition coefficient (Wildman–Crippen LogP) is 1.85. The van der Waals surface area contributed by atoms with E-state index in [0.717, 1.165) is 28.7 Å². The molecule has 1 aromatic heterocycles. The topological polar surface area (TPSA) is 69.9 Å². The minimum atomic E-state index is -0.409. The van der Waals surface area contributed by atoms with Gasteiger partial charge in [0.2, 0.25) is 5.82 Å². The summed E-state index contributed by atoms with van der Waals surface area (Å²) in [6, 6.07) is 3.88. The Bertz CT molecular complexity index is 598. The SMILES string of the molecule is CCC(C=O)Oc1c(C)cc(-c2nnn(C)n2)cc1C. The van der Waals surface area contributed by atoms with Crippen LogP contribution in [-0.4, -0.2) is 32.6 Å². The Labute approximate surface area is 117 Å². The van der Waals surface area contributed by atoms with E-state index in [0.29, 0.717) is 12.2 Å². The van der Waals surface area contributed by atoms with E-state index < -0.39 is 6.10 Å². The number of aromatic nitrogens is 4. The van der Waals surface area contributed by atoms with Crippen molar-refractivity contribution in [3.63, 3.8) is 0 Å². The maximum absolute atomic E-state index is 10.9. The van der Waals surface area contributed by atoms with E-state index in [2.05, 4.69) is 15.4 Å². The highest BCUT2D eigenvalue weighted by Gasteiger charge is 2.14. The van der Waals surface area contributed by atoms with Gasteiger partial charge >= 0.3 is 0 Å². The highest BCUT2D eigenvalue weighted by molar-refractivity contribution is 5.62. The molecular formula is C14H18N4O2. The minimum absolute atomic E-state index is 0.409. The Hall–Kier alpha value is -2.24. The lowest BCUT2D eigenvalue weighted by atomic mass is 10.1. The van der Waals surface area contributed by atoms with E-state index in [1.54, 1.807) is 7.05 Å². The quantitative estimate of drug-likeness (QED) is 0.778. The standard InChI is InChI=1S/C14H18N4O2/c1-5-12(8-19)20-13-9(2)6-11(7-10(13)3)14-15-17-18(4)16-14/h6-8,12H,5H2,1-4H3. The largest absolute Gasteiger partial charge is 0.482 e. The van der Waals surface area contributed by atoms with Gasteiger partial charge in [0.15, 0.2) is 12.4 Å². The Balaban J connectivity index is 2.36. The molecule has 0 N–H and O–H groups in total. The van der Waals surface area contributed by atoms with Crippen molar-refractivity contribution in [3.8, 4) is 17.1 Å². The minimum Gasteiger partial charge on any atom is -0.482 e. The van der Waals surface area contributed by atoms with Gasteiger partial charge in [0.05, 0.1) is 7.05 Å². The molecule has 2 aromatic rings. The maximum Gasteiger partial charge on any atom is 0.204 e. The number of nitrogens with zero attached hydrogens (tertiary/aromatic N) is 4. The average molecular weight is 274 g/mol. The van der Waals surface area contributed by atoms with Crippen molar-refractivity contribution < 1.29 is 9.53 Å². The molecule has 2 rings (SSSR count). The molecule has 6 nitrogen and oxygen atoms in total. The third-order valence-electron chi connectivity index (χ3n) is 3.05. The molecule has 0 spiro atoms. The van der Waals surface area contributed by atoms with Gasteiger partial charge in [-0.2, -0.15) is 4.80 Å². The van der Waals surface area contributed by atoms with Crippen LogP contribution in [0.2, 0.25) is 0 Å². The van der Waals surface area contributed by atoms with Crippen molar-refractivity contribution in [3.05, 3.63) is 23.3 Å². The van der Waals surface area contributed by atoms with Gasteiger partial charge in [-0.25, -0.2) is 0 Å². The molecule has 1 heterocycles. The summed E-state index contributed by atoms with van der Waals surface area (Å²) in [6.07, 6.45) is 1.07. The first kappa shape index (κ1) is 14.2. The summed E-state index contributed by atoms with van der Waals surface area (Å²) in [5.74, 6) is 1.32. The van der Waals surface area contributed by atoms with Crippen LogP contribution in [-0.2, 0) is 11.8 Å². The van der Waals surface area contributed by atoms with Gasteiger partial charge in [0.25, 0.3) is 0 Å². The molecule has 1 unspecified atom stereocenters. The number of aldehydes is 1. The fourth-order valence-corrected chi connectivity index (χ4v) is 2.02. The second-order valence-corrected chi connectivity index (χ2v) is 4.74. The third kappa shape index (κ3) is 2.84. The molecule has 0 fully saturated rings. The van der Waals surface area contributed by atoms with Gasteiger partial charge in [-0.05, 0) is 48.7 Å². The first-order valence-corrected chi connectivity index (χ1v) is 6.52. The van der Waals surface area contributed by atoms with Crippen molar-refractivity contribution in [1.29, 1.82) is 0 Å². The number of rotatable bonds is 5. The maximum atomic E-state index is 10.9. The number of ether oxygens (including phenoxy) is 1. The average Bonchev–Trinajstić information content (AvgIpc) is 2.85. The summed E-state index contributed by atoms with van der Waals surface area (Å²) in [5.41, 5.74) is 2.79. The van der Waals surface area contributed by atoms with Gasteiger partial charge < -0.3 is 4.74 Å². The predicted molar refractivity (Wildman–Crippen MR) is 74.5 cm³/mol. The Kier molecular flexibility index (Phi) is 4.12. The smallest absolute Gasteiger partial charge is 0.204 e. The first-order chi connectivity index (χ1) is 9.55. The summed E-state index contributed by atoms with van der Waals surface area (Å²) in [5, 5.41) is 12.0. The highest BCUT2D eigenvalue weighted by atomic mass is 16.5. The van der Waals surface area contributed by atoms with E-state index in [9.17, 15) is 4.79 Å². The summed E-state index contributed by atoms with van der Waals surface area (Å²) < 4.78 is 5.74. The molecule has 20 heavy (non-hydrogen) atoms. The molecular weight excluding hydrogens is 256 g/mol. The Morgan fingerprint density at radius 3 is 2.45 bits per heavy atom. The Morgan fingerprint density at radius 2 is 2.00 bits per heavy atom. The number of hydrogen-bond acceptors (Lipinski definition) is 5. The van der Waals surface area contributed by atoms with Crippen LogP contribution in [0.1, 0.15) is 24.5 Å². The molecule has 6 heteroatoms. The molecule has 1 atom stereocenters. The zero-order valence-electron chi connectivity index (χ0n) is 12.1. The molecule has 0 radical (unpaired) electrons. The van der Waals surface area contributed by atoms with Crippen molar-refractivity contribution in [2.75, 3.05) is 0 Å². The molecule has 0 bridgehead atoms. The van der Waals surface area contributed by atoms with Crippen LogP contribution in [0.15, 0.2) is 12.1 Å². The van der Waals surface area contributed by atoms with Gasteiger partial charge in [0.1, 0.15) is 5.75 Å². The fraction of sp³-hybridized carbons (Fsp3) is 0.429. The van der Waals surface area contributed by atoms with E-state index in [1.165, 1.54) is 4.80 Å². The molecule has 0 saturated carbocycles. The third-order valence-corrected chi connectivity index (χ3v) is 3.05. The fourth-order valence-electron chi connectivity index (χ4n) is 2.02. The lowest BCUT2D eigenvalue weighted by Gasteiger charge is -2.16. The second kappa shape index (κ2) is 5.81. The van der Waals surface area contributed by atoms with Crippen LogP contribution in [0.3, 0.4) is 0 Å². The lowest BCUT2D eigenvalue weighted by Crippen LogP contribution is -2.17. The molecule has 1 aromatic carbocycles. The summed E-state index contributed by atoms with van der Waals surface area (Å²) >= 11 is 0. The van der Waals surface area contributed by atoms with E-state index in [1.807, 2.05) is 32.9 Å². The number of carbonyl (C=O) groups is 1. The molecule has 0 aliphatic rings. The second-order valence-electron chi connectivity index (χ2n) is 4.74. The van der Waals surface area contributed by atoms with Crippen molar-refractivity contribution >= 4 is 6.29 Å². The van der Waals surface area contributed by atoms with Crippen LogP contribution in [0.4, 0.5) is 0 Å². The van der Waals surface area contributed by atoms with Gasteiger partial charge in [0, 0.05) is 5.56 Å². The zero-order valence-corrected chi connectivity index (χ0v) is 12.1. The summed E-state index contributed by atoms with van der Waals surface area (Å²) in [7, 11) is 1.73. The zero-order chi connectivity index (χ0) is 14.7. The summed E-state index contributed by atoms with van der Waals surface area (Å²) in [6.45, 7) is 5.81. The number of benzene rings is 1. The first-order valence-electron chi connectivity index (χ1n) is 6.52. The van der Waals surface area contributed by atoms with Crippen molar-refractivity contribution in [2.45, 2.75) is 33.3 Å². The van der Waals surface area contributed by atoms with Crippen molar-refractivity contribution in [1.82, 2.24) is 20.2 Å². The Morgan fingerprint density at radius 1 is 1.35 bits per heavy atom. The van der Waals surface area contributed by atoms with Crippen LogP contribution in [0.25, 0.3) is 11.4 Å². The van der Waals surface area contributed by atoms with Crippen LogP contribution in [0, 0.1) is 13.8 Å². The molecule has 0 aliphatic heterocycles. The molecule has 0 amide bonds. The van der Waals surface area contributed by atoms with Gasteiger partial charge in [-0.3, -0.25) is 4.79 Å². The normalized spacial score (nSPS) is 12.2. The van der Waals surface area contributed by atoms with Crippen LogP contribution >= 0.6 is 0 Å². The number of hydrogen-bond donors (Lipinski definition) is 0. The summed E-state index contributed by atoms with van der Waals surface area (Å²) in [4.78, 5) is 12.3. The molecule has 0 aliphatic carbocycles. The number of carbonyl (C=O) groups excluding carboxylic acids is 1. The van der Waals surface area contributed by atoms with E-state index >= 15 is 0 Å². The van der Waals surface area contributed by atoms with E-state index in [-0.39, 0.29) is 0 Å². The number of tetrazole rings is 1. The molecule has 0 saturated heterocycles. The van der Waals surface area contributed by atoms with Crippen molar-refractivity contribution in [2.24, 2.45) is 7.05 Å². The van der Waals surface area contributed by atoms with Crippen LogP contribution < -0.4 is 4.74 Å².